The molecule has 2 N–H and O–H groups in total. The van der Waals surface area contributed by atoms with Gasteiger partial charge in [0.2, 0.25) is 6.79 Å². The van der Waals surface area contributed by atoms with Crippen LogP contribution in [0.4, 0.5) is 5.82 Å². The van der Waals surface area contributed by atoms with E-state index in [0.717, 1.165) is 33.9 Å². The summed E-state index contributed by atoms with van der Waals surface area (Å²) in [4.78, 5) is 8.85. The van der Waals surface area contributed by atoms with Crippen LogP contribution in [0.5, 0.6) is 11.5 Å². The van der Waals surface area contributed by atoms with Crippen molar-refractivity contribution in [3.63, 3.8) is 0 Å². The molecule has 1 aliphatic rings. The lowest BCUT2D eigenvalue weighted by Gasteiger charge is -2.10. The van der Waals surface area contributed by atoms with Gasteiger partial charge in [-0.2, -0.15) is 0 Å². The standard InChI is InChI=1S/C19H17N3O3/c23-11-14-3-1-2-4-15(14)16-9-20-10-19(22-16)21-8-13-5-6-17-18(7-13)25-12-24-17/h1-7,9-10,23H,8,11-12H2,(H,21,22). The molecule has 0 atom stereocenters. The van der Waals surface area contributed by atoms with E-state index in [2.05, 4.69) is 15.3 Å². The first kappa shape index (κ1) is 15.4. The predicted octanol–water partition coefficient (Wildman–Crippen LogP) is 2.98. The molecule has 0 saturated carbocycles. The Balaban J connectivity index is 1.52. The number of nitrogens with one attached hydrogen (secondary N) is 1. The number of rotatable bonds is 5. The quantitative estimate of drug-likeness (QED) is 0.746. The molecule has 1 aliphatic heterocycles. The average Bonchev–Trinajstić information content (AvgIpc) is 3.14. The molecule has 0 unspecified atom stereocenters. The normalized spacial score (nSPS) is 12.2. The van der Waals surface area contributed by atoms with Gasteiger partial charge in [0.1, 0.15) is 5.82 Å². The summed E-state index contributed by atoms with van der Waals surface area (Å²) >= 11 is 0. The van der Waals surface area contributed by atoms with E-state index >= 15 is 0 Å². The van der Waals surface area contributed by atoms with E-state index < -0.39 is 0 Å². The smallest absolute Gasteiger partial charge is 0.231 e. The van der Waals surface area contributed by atoms with E-state index in [0.29, 0.717) is 12.4 Å². The number of hydrogen-bond donors (Lipinski definition) is 2. The number of anilines is 1. The van der Waals surface area contributed by atoms with Crippen molar-refractivity contribution in [3.05, 3.63) is 66.0 Å². The molecule has 2 aromatic carbocycles. The van der Waals surface area contributed by atoms with Gasteiger partial charge in [-0.3, -0.25) is 4.98 Å². The maximum atomic E-state index is 9.49. The third-order valence-electron chi connectivity index (χ3n) is 4.01. The summed E-state index contributed by atoms with van der Waals surface area (Å²) in [6.07, 6.45) is 3.37. The van der Waals surface area contributed by atoms with Crippen LogP contribution in [-0.2, 0) is 13.2 Å². The van der Waals surface area contributed by atoms with Crippen molar-refractivity contribution in [1.29, 1.82) is 0 Å². The molecule has 0 radical (unpaired) electrons. The highest BCUT2D eigenvalue weighted by Crippen LogP contribution is 2.32. The first-order valence-electron chi connectivity index (χ1n) is 7.97. The first-order valence-corrected chi connectivity index (χ1v) is 7.97. The minimum absolute atomic E-state index is 0.0350. The number of hydrogen-bond acceptors (Lipinski definition) is 6. The number of aliphatic hydroxyl groups excluding tert-OH is 1. The molecule has 25 heavy (non-hydrogen) atoms. The Morgan fingerprint density at radius 3 is 2.84 bits per heavy atom. The van der Waals surface area contributed by atoms with Crippen LogP contribution >= 0.6 is 0 Å². The van der Waals surface area contributed by atoms with Gasteiger partial charge in [0.05, 0.1) is 24.7 Å². The summed E-state index contributed by atoms with van der Waals surface area (Å²) in [5.74, 6) is 2.20. The molecule has 0 aliphatic carbocycles. The molecule has 0 fully saturated rings. The highest BCUT2D eigenvalue weighted by Gasteiger charge is 2.13. The highest BCUT2D eigenvalue weighted by molar-refractivity contribution is 5.64. The summed E-state index contributed by atoms with van der Waals surface area (Å²) in [6.45, 7) is 0.827. The maximum Gasteiger partial charge on any atom is 0.231 e. The van der Waals surface area contributed by atoms with Crippen LogP contribution in [0.15, 0.2) is 54.9 Å². The third-order valence-corrected chi connectivity index (χ3v) is 4.01. The molecule has 0 bridgehead atoms. The van der Waals surface area contributed by atoms with Gasteiger partial charge in [-0.1, -0.05) is 30.3 Å². The van der Waals surface area contributed by atoms with E-state index in [1.54, 1.807) is 12.4 Å². The van der Waals surface area contributed by atoms with Crippen LogP contribution < -0.4 is 14.8 Å². The topological polar surface area (TPSA) is 76.5 Å². The zero-order chi connectivity index (χ0) is 17.1. The summed E-state index contributed by atoms with van der Waals surface area (Å²) in [6, 6.07) is 13.5. The number of aliphatic hydroxyl groups is 1. The Morgan fingerprint density at radius 2 is 1.92 bits per heavy atom. The molecule has 3 aromatic rings. The minimum Gasteiger partial charge on any atom is -0.454 e. The Labute approximate surface area is 145 Å². The molecule has 2 heterocycles. The molecular weight excluding hydrogens is 318 g/mol. The molecule has 6 heteroatoms. The fraction of sp³-hybridized carbons (Fsp3) is 0.158. The van der Waals surface area contributed by atoms with Crippen LogP contribution in [-0.4, -0.2) is 21.9 Å². The Bertz CT molecular complexity index is 899. The van der Waals surface area contributed by atoms with E-state index in [9.17, 15) is 5.11 Å². The van der Waals surface area contributed by atoms with Gasteiger partial charge in [0, 0.05) is 12.1 Å². The Hall–Kier alpha value is -3.12. The summed E-state index contributed by atoms with van der Waals surface area (Å²) in [5.41, 5.74) is 3.49. The van der Waals surface area contributed by atoms with E-state index in [1.165, 1.54) is 0 Å². The second kappa shape index (κ2) is 6.78. The van der Waals surface area contributed by atoms with Crippen molar-refractivity contribution >= 4 is 5.82 Å². The lowest BCUT2D eigenvalue weighted by atomic mass is 10.1. The van der Waals surface area contributed by atoms with Crippen LogP contribution in [0.1, 0.15) is 11.1 Å². The maximum absolute atomic E-state index is 9.49. The first-order chi connectivity index (χ1) is 12.3. The predicted molar refractivity (Wildman–Crippen MR) is 93.3 cm³/mol. The van der Waals surface area contributed by atoms with Crippen molar-refractivity contribution in [2.75, 3.05) is 12.1 Å². The summed E-state index contributed by atoms with van der Waals surface area (Å²) < 4.78 is 10.7. The number of benzene rings is 2. The number of nitrogens with zero attached hydrogens (tertiary/aromatic N) is 2. The van der Waals surface area contributed by atoms with E-state index in [1.807, 2.05) is 42.5 Å². The lowest BCUT2D eigenvalue weighted by Crippen LogP contribution is -2.03. The molecule has 0 spiro atoms. The van der Waals surface area contributed by atoms with Gasteiger partial charge < -0.3 is 19.9 Å². The SMILES string of the molecule is OCc1ccccc1-c1cncc(NCc2ccc3c(c2)OCO3)n1. The number of ether oxygens (including phenoxy) is 2. The van der Waals surface area contributed by atoms with Crippen molar-refractivity contribution < 1.29 is 14.6 Å². The second-order valence-corrected chi connectivity index (χ2v) is 5.65. The van der Waals surface area contributed by atoms with Crippen LogP contribution in [0.3, 0.4) is 0 Å². The molecule has 126 valence electrons. The molecular formula is C19H17N3O3. The molecule has 0 amide bonds. The molecule has 6 nitrogen and oxygen atoms in total. The van der Waals surface area contributed by atoms with Gasteiger partial charge in [0.25, 0.3) is 0 Å². The van der Waals surface area contributed by atoms with Gasteiger partial charge >= 0.3 is 0 Å². The summed E-state index contributed by atoms with van der Waals surface area (Å²) in [5, 5.41) is 12.8. The van der Waals surface area contributed by atoms with Crippen LogP contribution in [0, 0.1) is 0 Å². The van der Waals surface area contributed by atoms with Gasteiger partial charge in [-0.15, -0.1) is 0 Å². The zero-order valence-electron chi connectivity index (χ0n) is 13.5. The molecule has 4 rings (SSSR count). The van der Waals surface area contributed by atoms with E-state index in [-0.39, 0.29) is 13.4 Å². The van der Waals surface area contributed by atoms with E-state index in [4.69, 9.17) is 9.47 Å². The van der Waals surface area contributed by atoms with Crippen LogP contribution in [0.2, 0.25) is 0 Å². The van der Waals surface area contributed by atoms with Gasteiger partial charge in [-0.05, 0) is 23.3 Å². The monoisotopic (exact) mass is 335 g/mol. The van der Waals surface area contributed by atoms with Crippen LogP contribution in [0.25, 0.3) is 11.3 Å². The Morgan fingerprint density at radius 1 is 1.04 bits per heavy atom. The van der Waals surface area contributed by atoms with Crippen molar-refractivity contribution in [2.45, 2.75) is 13.2 Å². The van der Waals surface area contributed by atoms with Crippen molar-refractivity contribution in [2.24, 2.45) is 0 Å². The Kier molecular flexibility index (Phi) is 4.18. The highest BCUT2D eigenvalue weighted by atomic mass is 16.7. The fourth-order valence-electron chi connectivity index (χ4n) is 2.73. The number of aromatic nitrogens is 2. The largest absolute Gasteiger partial charge is 0.454 e. The molecule has 1 aromatic heterocycles. The zero-order valence-corrected chi connectivity index (χ0v) is 13.5. The second-order valence-electron chi connectivity index (χ2n) is 5.65. The third kappa shape index (κ3) is 3.25. The summed E-state index contributed by atoms with van der Waals surface area (Å²) in [7, 11) is 0. The fourth-order valence-corrected chi connectivity index (χ4v) is 2.73. The number of fused-ring (bicyclic) bond motifs is 1. The minimum atomic E-state index is -0.0350. The van der Waals surface area contributed by atoms with Gasteiger partial charge in [-0.25, -0.2) is 4.98 Å². The lowest BCUT2D eigenvalue weighted by molar-refractivity contribution is 0.174. The van der Waals surface area contributed by atoms with Crippen molar-refractivity contribution in [1.82, 2.24) is 9.97 Å². The molecule has 0 saturated heterocycles. The average molecular weight is 335 g/mol. The van der Waals surface area contributed by atoms with Gasteiger partial charge in [0.15, 0.2) is 11.5 Å². The van der Waals surface area contributed by atoms with Crippen molar-refractivity contribution in [3.8, 4) is 22.8 Å².